The SMILES string of the molecule is CCC(N)CS(=O)CC(=O)NC1CCCC1. The van der Waals surface area contributed by atoms with Crippen molar-refractivity contribution in [1.82, 2.24) is 5.32 Å². The van der Waals surface area contributed by atoms with Crippen LogP contribution in [0.3, 0.4) is 0 Å². The van der Waals surface area contributed by atoms with Crippen LogP contribution in [0.2, 0.25) is 0 Å². The number of nitrogens with one attached hydrogen (secondary N) is 1. The van der Waals surface area contributed by atoms with Gasteiger partial charge < -0.3 is 11.1 Å². The lowest BCUT2D eigenvalue weighted by Crippen LogP contribution is -2.37. The van der Waals surface area contributed by atoms with Crippen LogP contribution < -0.4 is 11.1 Å². The molecule has 94 valence electrons. The predicted molar refractivity (Wildman–Crippen MR) is 66.5 cm³/mol. The second-order valence-electron chi connectivity index (χ2n) is 4.47. The molecule has 2 unspecified atom stereocenters. The van der Waals surface area contributed by atoms with E-state index in [-0.39, 0.29) is 17.7 Å². The van der Waals surface area contributed by atoms with Crippen LogP contribution in [0.1, 0.15) is 39.0 Å². The summed E-state index contributed by atoms with van der Waals surface area (Å²) in [6, 6.07) is 0.254. The van der Waals surface area contributed by atoms with Crippen molar-refractivity contribution in [2.75, 3.05) is 11.5 Å². The van der Waals surface area contributed by atoms with E-state index >= 15 is 0 Å². The molecule has 16 heavy (non-hydrogen) atoms. The highest BCUT2D eigenvalue weighted by atomic mass is 32.2. The van der Waals surface area contributed by atoms with Crippen LogP contribution in [0, 0.1) is 0 Å². The quantitative estimate of drug-likeness (QED) is 0.718. The van der Waals surface area contributed by atoms with E-state index in [2.05, 4.69) is 5.32 Å². The van der Waals surface area contributed by atoms with E-state index in [9.17, 15) is 9.00 Å². The van der Waals surface area contributed by atoms with Crippen molar-refractivity contribution in [2.45, 2.75) is 51.1 Å². The minimum absolute atomic E-state index is 0.0555. The zero-order valence-electron chi connectivity index (χ0n) is 9.91. The van der Waals surface area contributed by atoms with Gasteiger partial charge in [-0.1, -0.05) is 19.8 Å². The van der Waals surface area contributed by atoms with Gasteiger partial charge in [-0.25, -0.2) is 0 Å². The highest BCUT2D eigenvalue weighted by molar-refractivity contribution is 7.85. The minimum Gasteiger partial charge on any atom is -0.353 e. The number of hydrogen-bond donors (Lipinski definition) is 2. The molecule has 0 radical (unpaired) electrons. The summed E-state index contributed by atoms with van der Waals surface area (Å²) in [6.45, 7) is 1.96. The minimum atomic E-state index is -1.12. The van der Waals surface area contributed by atoms with Gasteiger partial charge in [-0.3, -0.25) is 9.00 Å². The summed E-state index contributed by atoms with van der Waals surface area (Å²) in [5.74, 6) is 0.437. The Balaban J connectivity index is 2.19. The smallest absolute Gasteiger partial charge is 0.232 e. The van der Waals surface area contributed by atoms with Crippen LogP contribution in [0.25, 0.3) is 0 Å². The van der Waals surface area contributed by atoms with Gasteiger partial charge in [0.25, 0.3) is 0 Å². The summed E-state index contributed by atoms with van der Waals surface area (Å²) in [5.41, 5.74) is 5.69. The Labute approximate surface area is 99.8 Å². The topological polar surface area (TPSA) is 72.2 Å². The Bertz CT molecular complexity index is 252. The maximum Gasteiger partial charge on any atom is 0.232 e. The molecule has 1 amide bonds. The van der Waals surface area contributed by atoms with Gasteiger partial charge in [-0.2, -0.15) is 0 Å². The van der Waals surface area contributed by atoms with Crippen molar-refractivity contribution < 1.29 is 9.00 Å². The lowest BCUT2D eigenvalue weighted by atomic mass is 10.2. The molecule has 0 heterocycles. The third kappa shape index (κ3) is 5.07. The maximum atomic E-state index is 11.6. The summed E-state index contributed by atoms with van der Waals surface area (Å²) >= 11 is 0. The summed E-state index contributed by atoms with van der Waals surface area (Å²) in [6.07, 6.45) is 5.30. The molecule has 0 saturated heterocycles. The Hall–Kier alpha value is -0.420. The first-order valence-corrected chi connectivity index (χ1v) is 7.50. The van der Waals surface area contributed by atoms with Crippen LogP contribution in [0.5, 0.6) is 0 Å². The van der Waals surface area contributed by atoms with Gasteiger partial charge in [-0.15, -0.1) is 0 Å². The van der Waals surface area contributed by atoms with Crippen LogP contribution in [-0.2, 0) is 15.6 Å². The third-order valence-electron chi connectivity index (χ3n) is 2.94. The Morgan fingerprint density at radius 3 is 2.69 bits per heavy atom. The van der Waals surface area contributed by atoms with Crippen LogP contribution in [-0.4, -0.2) is 33.7 Å². The Kier molecular flexibility index (Phi) is 5.98. The number of amides is 1. The Morgan fingerprint density at radius 1 is 1.50 bits per heavy atom. The third-order valence-corrected chi connectivity index (χ3v) is 4.32. The highest BCUT2D eigenvalue weighted by Gasteiger charge is 2.18. The van der Waals surface area contributed by atoms with Gasteiger partial charge in [0.2, 0.25) is 5.91 Å². The molecule has 1 saturated carbocycles. The molecule has 0 aromatic rings. The first-order chi connectivity index (χ1) is 7.61. The number of rotatable bonds is 6. The fourth-order valence-corrected chi connectivity index (χ4v) is 3.11. The van der Waals surface area contributed by atoms with E-state index in [1.54, 1.807) is 0 Å². The Morgan fingerprint density at radius 2 is 2.12 bits per heavy atom. The molecular weight excluding hydrogens is 224 g/mol. The standard InChI is InChI=1S/C11H22N2O2S/c1-2-9(12)7-16(15)8-11(14)13-10-5-3-4-6-10/h9-10H,2-8,12H2,1H3,(H,13,14). The average Bonchev–Trinajstić information content (AvgIpc) is 2.69. The van der Waals surface area contributed by atoms with E-state index in [4.69, 9.17) is 5.73 Å². The van der Waals surface area contributed by atoms with Gasteiger partial charge in [0, 0.05) is 28.6 Å². The van der Waals surface area contributed by atoms with E-state index in [0.717, 1.165) is 19.3 Å². The zero-order chi connectivity index (χ0) is 12.0. The van der Waals surface area contributed by atoms with Gasteiger partial charge in [-0.05, 0) is 19.3 Å². The molecular formula is C11H22N2O2S. The molecule has 1 fully saturated rings. The molecule has 0 aromatic carbocycles. The van der Waals surface area contributed by atoms with Crippen molar-refractivity contribution in [2.24, 2.45) is 5.73 Å². The fraction of sp³-hybridized carbons (Fsp3) is 0.909. The second kappa shape index (κ2) is 7.01. The second-order valence-corrected chi connectivity index (χ2v) is 5.97. The molecule has 2 atom stereocenters. The van der Waals surface area contributed by atoms with Gasteiger partial charge in [0.1, 0.15) is 5.75 Å². The van der Waals surface area contributed by atoms with Crippen LogP contribution in [0.15, 0.2) is 0 Å². The maximum absolute atomic E-state index is 11.6. The summed E-state index contributed by atoms with van der Waals surface area (Å²) in [7, 11) is -1.12. The molecule has 3 N–H and O–H groups in total. The zero-order valence-corrected chi connectivity index (χ0v) is 10.7. The van der Waals surface area contributed by atoms with E-state index in [1.165, 1.54) is 12.8 Å². The van der Waals surface area contributed by atoms with Gasteiger partial charge in [0.05, 0.1) is 0 Å². The van der Waals surface area contributed by atoms with Crippen molar-refractivity contribution >= 4 is 16.7 Å². The average molecular weight is 246 g/mol. The summed E-state index contributed by atoms with van der Waals surface area (Å²) in [5, 5.41) is 2.93. The van der Waals surface area contributed by atoms with Gasteiger partial charge >= 0.3 is 0 Å². The highest BCUT2D eigenvalue weighted by Crippen LogP contribution is 2.17. The van der Waals surface area contributed by atoms with E-state index in [0.29, 0.717) is 11.8 Å². The summed E-state index contributed by atoms with van der Waals surface area (Å²) in [4.78, 5) is 11.5. The normalized spacial score (nSPS) is 20.6. The molecule has 1 aliphatic carbocycles. The number of hydrogen-bond acceptors (Lipinski definition) is 3. The van der Waals surface area contributed by atoms with Crippen molar-refractivity contribution in [3.05, 3.63) is 0 Å². The first kappa shape index (κ1) is 13.6. The first-order valence-electron chi connectivity index (χ1n) is 6.01. The molecule has 4 nitrogen and oxygen atoms in total. The van der Waals surface area contributed by atoms with Crippen molar-refractivity contribution in [1.29, 1.82) is 0 Å². The predicted octanol–water partition coefficient (Wildman–Crippen LogP) is 0.531. The lowest BCUT2D eigenvalue weighted by molar-refractivity contribution is -0.119. The molecule has 0 spiro atoms. The van der Waals surface area contributed by atoms with Gasteiger partial charge in [0.15, 0.2) is 0 Å². The molecule has 1 rings (SSSR count). The van der Waals surface area contributed by atoms with Crippen LogP contribution >= 0.6 is 0 Å². The summed E-state index contributed by atoms with van der Waals surface area (Å²) < 4.78 is 11.6. The van der Waals surface area contributed by atoms with Crippen molar-refractivity contribution in [3.63, 3.8) is 0 Å². The lowest BCUT2D eigenvalue weighted by Gasteiger charge is -2.12. The molecule has 0 aromatic heterocycles. The molecule has 5 heteroatoms. The molecule has 0 aliphatic heterocycles. The largest absolute Gasteiger partial charge is 0.353 e. The number of carbonyl (C=O) groups is 1. The van der Waals surface area contributed by atoms with Crippen molar-refractivity contribution in [3.8, 4) is 0 Å². The fourth-order valence-electron chi connectivity index (χ4n) is 1.90. The van der Waals surface area contributed by atoms with Crippen LogP contribution in [0.4, 0.5) is 0 Å². The number of nitrogens with two attached hydrogens (primary N) is 1. The molecule has 0 bridgehead atoms. The van der Waals surface area contributed by atoms with E-state index < -0.39 is 10.8 Å². The number of carbonyl (C=O) groups excluding carboxylic acids is 1. The van der Waals surface area contributed by atoms with E-state index in [1.807, 2.05) is 6.92 Å². The monoisotopic (exact) mass is 246 g/mol. The molecule has 1 aliphatic rings.